The predicted octanol–water partition coefficient (Wildman–Crippen LogP) is 3.19. The summed E-state index contributed by atoms with van der Waals surface area (Å²) in [4.78, 5) is 12.4. The molecule has 25 heavy (non-hydrogen) atoms. The van der Waals surface area contributed by atoms with Gasteiger partial charge in [-0.1, -0.05) is 48.6 Å². The van der Waals surface area contributed by atoms with Gasteiger partial charge in [-0.2, -0.15) is 0 Å². The van der Waals surface area contributed by atoms with Crippen molar-refractivity contribution in [1.82, 2.24) is 9.29 Å². The highest BCUT2D eigenvalue weighted by Crippen LogP contribution is 2.22. The summed E-state index contributed by atoms with van der Waals surface area (Å²) < 4.78 is 29.9. The number of aromatic nitrogens is 1. The molecule has 2 aromatic carbocycles. The third kappa shape index (κ3) is 3.84. The predicted molar refractivity (Wildman–Crippen MR) is 102 cm³/mol. The lowest BCUT2D eigenvalue weighted by Gasteiger charge is -2.12. The lowest BCUT2D eigenvalue weighted by Crippen LogP contribution is -2.31. The zero-order valence-corrected chi connectivity index (χ0v) is 15.7. The molecule has 5 nitrogen and oxygen atoms in total. The third-order valence-electron chi connectivity index (χ3n) is 4.10. The molecule has 0 amide bonds. The molecule has 3 aromatic rings. The first-order valence-corrected chi connectivity index (χ1v) is 10.4. The Morgan fingerprint density at radius 1 is 1.16 bits per heavy atom. The summed E-state index contributed by atoms with van der Waals surface area (Å²) in [7, 11) is -3.58. The third-order valence-corrected chi connectivity index (χ3v) is 6.63. The van der Waals surface area contributed by atoms with Crippen molar-refractivity contribution in [3.05, 3.63) is 63.8 Å². The van der Waals surface area contributed by atoms with Gasteiger partial charge in [0.1, 0.15) is 0 Å². The Balaban J connectivity index is 1.99. The molecular formula is C18H20N2O3S2. The molecule has 3 rings (SSSR count). The van der Waals surface area contributed by atoms with Gasteiger partial charge in [-0.3, -0.25) is 9.36 Å². The topological polar surface area (TPSA) is 68.2 Å². The molecule has 132 valence electrons. The van der Waals surface area contributed by atoms with Crippen LogP contribution in [0.2, 0.25) is 0 Å². The maximum absolute atomic E-state index is 12.4. The van der Waals surface area contributed by atoms with Crippen LogP contribution in [0, 0.1) is 0 Å². The van der Waals surface area contributed by atoms with Crippen LogP contribution < -0.4 is 9.60 Å². The fourth-order valence-corrected chi connectivity index (χ4v) is 4.90. The van der Waals surface area contributed by atoms with Gasteiger partial charge in [0.2, 0.25) is 10.0 Å². The second kappa shape index (κ2) is 7.11. The van der Waals surface area contributed by atoms with E-state index in [1.54, 1.807) is 22.8 Å². The summed E-state index contributed by atoms with van der Waals surface area (Å²) in [6.07, 6.45) is 0.711. The molecule has 0 bridgehead atoms. The van der Waals surface area contributed by atoms with E-state index in [1.165, 1.54) is 0 Å². The first kappa shape index (κ1) is 17.8. The average molecular weight is 377 g/mol. The van der Waals surface area contributed by atoms with E-state index in [9.17, 15) is 13.2 Å². The molecule has 7 heteroatoms. The van der Waals surface area contributed by atoms with Crippen molar-refractivity contribution in [1.29, 1.82) is 0 Å². The molecule has 1 heterocycles. The van der Waals surface area contributed by atoms with Crippen LogP contribution in [0.3, 0.4) is 0 Å². The van der Waals surface area contributed by atoms with Gasteiger partial charge in [-0.25, -0.2) is 13.1 Å². The quantitative estimate of drug-likeness (QED) is 0.718. The Labute approximate surface area is 151 Å². The smallest absolute Gasteiger partial charge is 0.294 e. The Morgan fingerprint density at radius 3 is 2.56 bits per heavy atom. The highest BCUT2D eigenvalue weighted by atomic mass is 32.2. The minimum Gasteiger partial charge on any atom is -0.294 e. The number of hydrogen-bond donors (Lipinski definition) is 1. The van der Waals surface area contributed by atoms with E-state index in [2.05, 4.69) is 4.72 Å². The van der Waals surface area contributed by atoms with Gasteiger partial charge >= 0.3 is 4.87 Å². The van der Waals surface area contributed by atoms with Crippen molar-refractivity contribution < 1.29 is 8.42 Å². The van der Waals surface area contributed by atoms with Crippen LogP contribution in [0.15, 0.2) is 58.2 Å². The van der Waals surface area contributed by atoms with Crippen LogP contribution in [-0.4, -0.2) is 19.0 Å². The molecule has 0 radical (unpaired) electrons. The molecular weight excluding hydrogens is 356 g/mol. The van der Waals surface area contributed by atoms with Crippen LogP contribution in [0.1, 0.15) is 25.8 Å². The number of hydrogen-bond acceptors (Lipinski definition) is 4. The number of sulfonamides is 1. The van der Waals surface area contributed by atoms with E-state index in [4.69, 9.17) is 0 Å². The van der Waals surface area contributed by atoms with Gasteiger partial charge in [0.25, 0.3) is 0 Å². The minimum absolute atomic E-state index is 0.0942. The van der Waals surface area contributed by atoms with Crippen molar-refractivity contribution in [3.63, 3.8) is 0 Å². The zero-order chi connectivity index (χ0) is 18.0. The molecule has 1 aromatic heterocycles. The van der Waals surface area contributed by atoms with Gasteiger partial charge < -0.3 is 0 Å². The van der Waals surface area contributed by atoms with Crippen molar-refractivity contribution in [2.24, 2.45) is 0 Å². The van der Waals surface area contributed by atoms with E-state index >= 15 is 0 Å². The summed E-state index contributed by atoms with van der Waals surface area (Å²) in [5.41, 5.74) is 1.78. The number of benzene rings is 2. The normalized spacial score (nSPS) is 13.2. The van der Waals surface area contributed by atoms with Crippen LogP contribution in [-0.2, 0) is 16.6 Å². The Morgan fingerprint density at radius 2 is 1.88 bits per heavy atom. The standard InChI is InChI=1S/C18H20N2O3S2/c1-3-13(2)19-25(22,23)15-9-10-16-17(11-15)24-18(21)20(16)12-14-7-5-4-6-8-14/h4-11,13,19H,3,12H2,1-2H3. The molecule has 0 aliphatic heterocycles. The van der Waals surface area contributed by atoms with Gasteiger partial charge in [0, 0.05) is 6.04 Å². The van der Waals surface area contributed by atoms with E-state index in [1.807, 2.05) is 44.2 Å². The molecule has 1 unspecified atom stereocenters. The van der Waals surface area contributed by atoms with Crippen molar-refractivity contribution in [2.75, 3.05) is 0 Å². The van der Waals surface area contributed by atoms with Crippen molar-refractivity contribution in [2.45, 2.75) is 37.8 Å². The Bertz CT molecular complexity index is 1040. The lowest BCUT2D eigenvalue weighted by atomic mass is 10.2. The summed E-state index contributed by atoms with van der Waals surface area (Å²) in [5, 5.41) is 0. The lowest BCUT2D eigenvalue weighted by molar-refractivity contribution is 0.556. The fraction of sp³-hybridized carbons (Fsp3) is 0.278. The first-order chi connectivity index (χ1) is 11.9. The summed E-state index contributed by atoms with van der Waals surface area (Å²) in [5.74, 6) is 0. The zero-order valence-electron chi connectivity index (χ0n) is 14.1. The van der Waals surface area contributed by atoms with Gasteiger partial charge in [-0.15, -0.1) is 0 Å². The molecule has 1 N–H and O–H groups in total. The second-order valence-electron chi connectivity index (χ2n) is 6.00. The monoisotopic (exact) mass is 376 g/mol. The van der Waals surface area contributed by atoms with E-state index in [0.29, 0.717) is 17.7 Å². The van der Waals surface area contributed by atoms with Crippen LogP contribution in [0.25, 0.3) is 10.2 Å². The highest BCUT2D eigenvalue weighted by Gasteiger charge is 2.18. The van der Waals surface area contributed by atoms with Gasteiger partial charge in [0.05, 0.1) is 21.7 Å². The number of fused-ring (bicyclic) bond motifs is 1. The number of thiazole rings is 1. The van der Waals surface area contributed by atoms with Crippen LogP contribution in [0.4, 0.5) is 0 Å². The second-order valence-corrected chi connectivity index (χ2v) is 8.71. The van der Waals surface area contributed by atoms with E-state index < -0.39 is 10.0 Å². The number of nitrogens with one attached hydrogen (secondary N) is 1. The van der Waals surface area contributed by atoms with Crippen LogP contribution >= 0.6 is 11.3 Å². The molecule has 0 saturated heterocycles. The summed E-state index contributed by atoms with van der Waals surface area (Å²) in [6.45, 7) is 4.22. The molecule has 0 fully saturated rings. The highest BCUT2D eigenvalue weighted by molar-refractivity contribution is 7.89. The summed E-state index contributed by atoms with van der Waals surface area (Å²) >= 11 is 1.07. The van der Waals surface area contributed by atoms with E-state index in [0.717, 1.165) is 22.4 Å². The number of rotatable bonds is 6. The molecule has 0 spiro atoms. The molecule has 1 atom stereocenters. The molecule has 0 aliphatic rings. The van der Waals surface area contributed by atoms with Crippen LogP contribution in [0.5, 0.6) is 0 Å². The minimum atomic E-state index is -3.58. The number of nitrogens with zero attached hydrogens (tertiary/aromatic N) is 1. The largest absolute Gasteiger partial charge is 0.308 e. The molecule has 0 aliphatic carbocycles. The maximum Gasteiger partial charge on any atom is 0.308 e. The summed E-state index contributed by atoms with van der Waals surface area (Å²) in [6, 6.07) is 14.4. The SMILES string of the molecule is CCC(C)NS(=O)(=O)c1ccc2c(c1)sc(=O)n2Cc1ccccc1. The first-order valence-electron chi connectivity index (χ1n) is 8.10. The maximum atomic E-state index is 12.4. The fourth-order valence-electron chi connectivity index (χ4n) is 2.55. The van der Waals surface area contributed by atoms with Gasteiger partial charge in [-0.05, 0) is 37.1 Å². The Kier molecular flexibility index (Phi) is 5.08. The Hall–Kier alpha value is -1.96. The van der Waals surface area contributed by atoms with Crippen molar-refractivity contribution in [3.8, 4) is 0 Å². The van der Waals surface area contributed by atoms with Gasteiger partial charge in [0.15, 0.2) is 0 Å². The van der Waals surface area contributed by atoms with E-state index in [-0.39, 0.29) is 15.8 Å². The average Bonchev–Trinajstić information content (AvgIpc) is 2.90. The van der Waals surface area contributed by atoms with Crippen molar-refractivity contribution >= 4 is 31.6 Å². The molecule has 0 saturated carbocycles.